The van der Waals surface area contributed by atoms with Gasteiger partial charge in [-0.3, -0.25) is 0 Å². The molecule has 0 aromatic carbocycles. The third-order valence-electron chi connectivity index (χ3n) is 4.48. The van der Waals surface area contributed by atoms with Gasteiger partial charge in [0.2, 0.25) is 0 Å². The molecular formula is C28H44O8Sn. The molecule has 0 heterocycles. The van der Waals surface area contributed by atoms with Gasteiger partial charge in [-0.25, -0.2) is 0 Å². The third kappa shape index (κ3) is 38.3. The topological polar surface area (TPSA) is 161 Å². The normalized spacial score (nSPS) is 8.76. The van der Waals surface area contributed by atoms with Crippen molar-refractivity contribution in [3.8, 4) is 0 Å². The van der Waals surface area contributed by atoms with E-state index in [0.29, 0.717) is 25.7 Å². The molecule has 0 aliphatic heterocycles. The molecule has 0 aliphatic carbocycles. The van der Waals surface area contributed by atoms with E-state index >= 15 is 0 Å². The number of rotatable bonds is 16. The number of carboxylic acids is 4. The number of aliphatic carboxylic acids is 4. The van der Waals surface area contributed by atoms with Crippen molar-refractivity contribution in [3.05, 3.63) is 48.6 Å². The van der Waals surface area contributed by atoms with E-state index in [4.69, 9.17) is 0 Å². The van der Waals surface area contributed by atoms with Crippen molar-refractivity contribution in [2.24, 2.45) is 0 Å². The van der Waals surface area contributed by atoms with Crippen LogP contribution in [-0.4, -0.2) is 47.8 Å². The first-order valence-electron chi connectivity index (χ1n) is 12.3. The van der Waals surface area contributed by atoms with Gasteiger partial charge in [0, 0.05) is 0 Å². The van der Waals surface area contributed by atoms with Gasteiger partial charge in [-0.05, 0) is 73.7 Å². The number of hydrogen-bond acceptors (Lipinski definition) is 8. The maximum atomic E-state index is 9.99. The maximum Gasteiger partial charge on any atom is 4.00 e. The van der Waals surface area contributed by atoms with Crippen molar-refractivity contribution in [1.29, 1.82) is 0 Å². The fourth-order valence-corrected chi connectivity index (χ4v) is 1.97. The molecule has 0 fully saturated rings. The molecule has 0 spiro atoms. The number of carbonyl (C=O) groups excluding carboxylic acids is 4. The summed E-state index contributed by atoms with van der Waals surface area (Å²) in [5.41, 5.74) is 0.822. The molecule has 0 aromatic rings. The number of unbranched alkanes of at least 4 members (excludes halogenated alkanes) is 4. The Morgan fingerprint density at radius 1 is 0.432 bits per heavy atom. The van der Waals surface area contributed by atoms with Crippen molar-refractivity contribution in [2.75, 3.05) is 0 Å². The minimum absolute atomic E-state index is 0. The first kappa shape index (κ1) is 44.6. The Hall–Kier alpha value is -2.36. The van der Waals surface area contributed by atoms with E-state index in [1.54, 1.807) is 0 Å². The van der Waals surface area contributed by atoms with Crippen LogP contribution in [0.1, 0.15) is 105 Å². The van der Waals surface area contributed by atoms with Crippen LogP contribution in [0.25, 0.3) is 0 Å². The second kappa shape index (κ2) is 31.7. The van der Waals surface area contributed by atoms with E-state index in [9.17, 15) is 39.6 Å². The number of carbonyl (C=O) groups is 4. The van der Waals surface area contributed by atoms with Gasteiger partial charge in [0.15, 0.2) is 0 Å². The molecule has 0 atom stereocenters. The second-order valence-electron chi connectivity index (χ2n) is 7.98. The Bertz CT molecular complexity index is 591. The summed E-state index contributed by atoms with van der Waals surface area (Å²) in [5, 5.41) is 40.0. The smallest absolute Gasteiger partial charge is 0.545 e. The zero-order valence-corrected chi connectivity index (χ0v) is 25.9. The van der Waals surface area contributed by atoms with Crippen molar-refractivity contribution in [3.63, 3.8) is 0 Å². The fourth-order valence-electron chi connectivity index (χ4n) is 1.97. The van der Waals surface area contributed by atoms with Crippen molar-refractivity contribution >= 4 is 47.8 Å². The average Bonchev–Trinajstić information content (AvgIpc) is 2.83. The van der Waals surface area contributed by atoms with Gasteiger partial charge < -0.3 is 39.6 Å². The molecule has 208 valence electrons. The summed E-state index contributed by atoms with van der Waals surface area (Å²) in [6.07, 6.45) is 9.71. The summed E-state index contributed by atoms with van der Waals surface area (Å²) in [5.74, 6) is -4.49. The molecule has 0 aliphatic rings. The third-order valence-corrected chi connectivity index (χ3v) is 4.48. The van der Waals surface area contributed by atoms with Gasteiger partial charge in [-0.1, -0.05) is 79.7 Å². The van der Waals surface area contributed by atoms with Gasteiger partial charge in [-0.15, -0.1) is 0 Å². The van der Waals surface area contributed by atoms with Gasteiger partial charge in [0.05, 0.1) is 23.9 Å². The van der Waals surface area contributed by atoms with Crippen LogP contribution in [0.4, 0.5) is 0 Å². The molecule has 0 aromatic heterocycles. The van der Waals surface area contributed by atoms with E-state index in [1.807, 2.05) is 27.7 Å². The van der Waals surface area contributed by atoms with Gasteiger partial charge in [-0.2, -0.15) is 0 Å². The Kier molecular flexibility index (Phi) is 38.2. The molecule has 37 heavy (non-hydrogen) atoms. The Balaban J connectivity index is -0.000000122. The minimum Gasteiger partial charge on any atom is -0.545 e. The Labute approximate surface area is 240 Å². The molecule has 0 bridgehead atoms. The summed E-state index contributed by atoms with van der Waals surface area (Å²) in [7, 11) is 0. The predicted molar refractivity (Wildman–Crippen MR) is 140 cm³/mol. The van der Waals surface area contributed by atoms with Crippen LogP contribution in [-0.2, 0) is 19.2 Å². The molecule has 0 unspecified atom stereocenters. The van der Waals surface area contributed by atoms with Gasteiger partial charge >= 0.3 is 23.9 Å². The predicted octanol–water partition coefficient (Wildman–Crippen LogP) is 1.55. The first-order chi connectivity index (χ1) is 16.7. The summed E-state index contributed by atoms with van der Waals surface area (Å²) >= 11 is 0. The molecule has 0 radical (unpaired) electrons. The van der Waals surface area contributed by atoms with Gasteiger partial charge in [0.1, 0.15) is 0 Å². The Morgan fingerprint density at radius 3 is 0.649 bits per heavy atom. The zero-order chi connectivity index (χ0) is 29.1. The molecule has 0 N–H and O–H groups in total. The van der Waals surface area contributed by atoms with Crippen LogP contribution in [0.3, 0.4) is 0 Å². The first-order valence-corrected chi connectivity index (χ1v) is 12.3. The van der Waals surface area contributed by atoms with Crippen LogP contribution in [0.15, 0.2) is 48.6 Å². The molecular weight excluding hydrogens is 583 g/mol. The number of hydrogen-bond donors (Lipinski definition) is 0. The Morgan fingerprint density at radius 2 is 0.568 bits per heavy atom. The van der Waals surface area contributed by atoms with Crippen molar-refractivity contribution in [1.82, 2.24) is 0 Å². The fraction of sp³-hybridized carbons (Fsp3) is 0.571. The van der Waals surface area contributed by atoms with Crippen molar-refractivity contribution in [2.45, 2.75) is 105 Å². The van der Waals surface area contributed by atoms with Crippen LogP contribution in [0.5, 0.6) is 0 Å². The molecule has 9 heteroatoms. The monoisotopic (exact) mass is 628 g/mol. The maximum absolute atomic E-state index is 9.99. The SMILES string of the molecule is C=C(CCCC)C(=O)[O-].C=C(CCCC)C(=O)[O-].C=C(CCCC)C(=O)[O-].C=C(CCCC)C(=O)[O-].[Sn+4]. The molecule has 0 rings (SSSR count). The zero-order valence-electron chi connectivity index (χ0n) is 23.1. The van der Waals surface area contributed by atoms with Crippen LogP contribution in [0.2, 0.25) is 0 Å². The summed E-state index contributed by atoms with van der Waals surface area (Å²) in [6, 6.07) is 0. The van der Waals surface area contributed by atoms with E-state index in [0.717, 1.165) is 51.4 Å². The van der Waals surface area contributed by atoms with Gasteiger partial charge in [0.25, 0.3) is 0 Å². The largest absolute Gasteiger partial charge is 4.00 e. The summed E-state index contributed by atoms with van der Waals surface area (Å²) < 4.78 is 0. The van der Waals surface area contributed by atoms with Crippen LogP contribution >= 0.6 is 0 Å². The molecule has 0 saturated heterocycles. The van der Waals surface area contributed by atoms with E-state index in [-0.39, 0.29) is 46.2 Å². The van der Waals surface area contributed by atoms with Crippen LogP contribution < -0.4 is 20.4 Å². The standard InChI is InChI=1S/4C7H12O2.Sn/c4*1-3-4-5-6(2)7(8)9;/h4*2-5H2,1H3,(H,8,9);/q;;;;+4/p-4. The summed E-state index contributed by atoms with van der Waals surface area (Å²) in [6.45, 7) is 21.3. The number of carboxylic acid groups (broad SMARTS) is 4. The molecule has 0 saturated carbocycles. The molecule has 8 nitrogen and oxygen atoms in total. The van der Waals surface area contributed by atoms with E-state index < -0.39 is 23.9 Å². The van der Waals surface area contributed by atoms with Crippen LogP contribution in [0, 0.1) is 0 Å². The van der Waals surface area contributed by atoms with E-state index in [2.05, 4.69) is 26.3 Å². The second-order valence-corrected chi connectivity index (χ2v) is 7.98. The molecule has 0 amide bonds. The minimum atomic E-state index is -1.12. The van der Waals surface area contributed by atoms with E-state index in [1.165, 1.54) is 0 Å². The summed E-state index contributed by atoms with van der Waals surface area (Å²) in [4.78, 5) is 40.0. The average molecular weight is 627 g/mol. The van der Waals surface area contributed by atoms with Crippen molar-refractivity contribution < 1.29 is 39.6 Å². The quantitative estimate of drug-likeness (QED) is 0.184.